The summed E-state index contributed by atoms with van der Waals surface area (Å²) >= 11 is 3.39. The van der Waals surface area contributed by atoms with Crippen molar-refractivity contribution in [2.75, 3.05) is 18.4 Å². The average molecular weight is 376 g/mol. The van der Waals surface area contributed by atoms with Gasteiger partial charge in [0.1, 0.15) is 0 Å². The van der Waals surface area contributed by atoms with Crippen LogP contribution in [0.2, 0.25) is 0 Å². The van der Waals surface area contributed by atoms with Gasteiger partial charge in [0.2, 0.25) is 10.0 Å². The molecule has 1 heterocycles. The van der Waals surface area contributed by atoms with Crippen molar-refractivity contribution in [3.63, 3.8) is 0 Å². The molecule has 0 radical (unpaired) electrons. The van der Waals surface area contributed by atoms with Crippen LogP contribution in [0.25, 0.3) is 0 Å². The third-order valence-electron chi connectivity index (χ3n) is 3.57. The highest BCUT2D eigenvalue weighted by molar-refractivity contribution is 9.09. The van der Waals surface area contributed by atoms with E-state index in [1.54, 1.807) is 10.4 Å². The highest BCUT2D eigenvalue weighted by Crippen LogP contribution is 2.28. The van der Waals surface area contributed by atoms with E-state index in [-0.39, 0.29) is 6.10 Å². The molecule has 1 aliphatic heterocycles. The molecule has 1 atom stereocenters. The molecule has 0 saturated carbocycles. The van der Waals surface area contributed by atoms with Gasteiger partial charge in [-0.15, -0.1) is 0 Å². The molecular formula is C15H22BrNO3S. The predicted molar refractivity (Wildman–Crippen MR) is 87.4 cm³/mol. The number of hydrogen-bond donors (Lipinski definition) is 0. The van der Waals surface area contributed by atoms with E-state index in [1.165, 1.54) is 0 Å². The number of sulfonamides is 1. The van der Waals surface area contributed by atoms with Gasteiger partial charge >= 0.3 is 0 Å². The van der Waals surface area contributed by atoms with E-state index >= 15 is 0 Å². The molecule has 0 bridgehead atoms. The van der Waals surface area contributed by atoms with Crippen molar-refractivity contribution >= 4 is 26.0 Å². The summed E-state index contributed by atoms with van der Waals surface area (Å²) < 4.78 is 33.3. The highest BCUT2D eigenvalue weighted by Gasteiger charge is 2.39. The van der Waals surface area contributed by atoms with Crippen molar-refractivity contribution in [2.45, 2.75) is 44.3 Å². The van der Waals surface area contributed by atoms with Crippen LogP contribution in [0.1, 0.15) is 25.0 Å². The molecule has 2 rings (SSSR count). The summed E-state index contributed by atoms with van der Waals surface area (Å²) in [5.74, 6) is 0. The summed E-state index contributed by atoms with van der Waals surface area (Å²) in [7, 11) is -3.49. The normalized spacial score (nSPS) is 23.2. The van der Waals surface area contributed by atoms with Crippen molar-refractivity contribution in [2.24, 2.45) is 0 Å². The predicted octanol–water partition coefficient (Wildman–Crippen LogP) is 2.87. The van der Waals surface area contributed by atoms with Crippen LogP contribution in [0.15, 0.2) is 23.1 Å². The number of nitrogens with zero attached hydrogens (tertiary/aromatic N) is 1. The standard InChI is InChI=1S/C15H22BrNO3S/c1-11-5-6-14(12(2)7-11)21(18,19)17-9-13(8-16)20-15(3,4)10-17/h5-7,13H,8-10H2,1-4H3. The molecule has 0 N–H and O–H groups in total. The minimum Gasteiger partial charge on any atom is -0.369 e. The summed E-state index contributed by atoms with van der Waals surface area (Å²) in [5.41, 5.74) is 1.37. The van der Waals surface area contributed by atoms with Crippen molar-refractivity contribution < 1.29 is 13.2 Å². The maximum atomic E-state index is 12.9. The van der Waals surface area contributed by atoms with E-state index in [9.17, 15) is 8.42 Å². The Bertz CT molecular complexity index is 628. The van der Waals surface area contributed by atoms with E-state index in [1.807, 2.05) is 39.8 Å². The Kier molecular flexibility index (Phi) is 4.83. The lowest BCUT2D eigenvalue weighted by atomic mass is 10.1. The molecule has 1 aromatic carbocycles. The van der Waals surface area contributed by atoms with Crippen LogP contribution in [0.5, 0.6) is 0 Å². The fourth-order valence-corrected chi connectivity index (χ4v) is 4.90. The smallest absolute Gasteiger partial charge is 0.243 e. The maximum Gasteiger partial charge on any atom is 0.243 e. The van der Waals surface area contributed by atoms with Crippen molar-refractivity contribution in [1.29, 1.82) is 0 Å². The lowest BCUT2D eigenvalue weighted by Gasteiger charge is -2.41. The van der Waals surface area contributed by atoms with Gasteiger partial charge in [-0.25, -0.2) is 8.42 Å². The third kappa shape index (κ3) is 3.67. The van der Waals surface area contributed by atoms with Crippen LogP contribution in [0, 0.1) is 13.8 Å². The first-order valence-electron chi connectivity index (χ1n) is 6.97. The molecule has 0 amide bonds. The molecule has 0 aliphatic carbocycles. The second-order valence-corrected chi connectivity index (χ2v) is 8.77. The van der Waals surface area contributed by atoms with E-state index < -0.39 is 15.6 Å². The summed E-state index contributed by atoms with van der Waals surface area (Å²) in [6.07, 6.45) is -0.130. The Morgan fingerprint density at radius 1 is 1.38 bits per heavy atom. The van der Waals surface area contributed by atoms with Gasteiger partial charge in [-0.3, -0.25) is 0 Å². The minimum atomic E-state index is -3.49. The quantitative estimate of drug-likeness (QED) is 0.763. The number of rotatable bonds is 3. The molecule has 1 unspecified atom stereocenters. The van der Waals surface area contributed by atoms with Gasteiger partial charge in [-0.2, -0.15) is 4.31 Å². The summed E-state index contributed by atoms with van der Waals surface area (Å²) in [6.45, 7) is 8.39. The van der Waals surface area contributed by atoms with Crippen LogP contribution in [0.4, 0.5) is 0 Å². The lowest BCUT2D eigenvalue weighted by Crippen LogP contribution is -2.55. The van der Waals surface area contributed by atoms with Gasteiger partial charge in [0, 0.05) is 18.4 Å². The lowest BCUT2D eigenvalue weighted by molar-refractivity contribution is -0.106. The number of morpholine rings is 1. The van der Waals surface area contributed by atoms with Crippen LogP contribution >= 0.6 is 15.9 Å². The molecule has 6 heteroatoms. The Balaban J connectivity index is 2.38. The molecule has 1 saturated heterocycles. The monoisotopic (exact) mass is 375 g/mol. The molecule has 0 aromatic heterocycles. The Morgan fingerprint density at radius 2 is 2.05 bits per heavy atom. The molecular weight excluding hydrogens is 354 g/mol. The maximum absolute atomic E-state index is 12.9. The molecule has 1 fully saturated rings. The van der Waals surface area contributed by atoms with Gasteiger partial charge in [0.25, 0.3) is 0 Å². The van der Waals surface area contributed by atoms with Gasteiger partial charge in [-0.05, 0) is 39.3 Å². The third-order valence-corrected chi connectivity index (χ3v) is 6.26. The Morgan fingerprint density at radius 3 is 2.62 bits per heavy atom. The van der Waals surface area contributed by atoms with E-state index in [4.69, 9.17) is 4.74 Å². The van der Waals surface area contributed by atoms with Crippen molar-refractivity contribution in [3.05, 3.63) is 29.3 Å². The summed E-state index contributed by atoms with van der Waals surface area (Å²) in [6, 6.07) is 5.44. The first-order valence-corrected chi connectivity index (χ1v) is 9.53. The number of hydrogen-bond acceptors (Lipinski definition) is 3. The first kappa shape index (κ1) is 16.9. The second-order valence-electron chi connectivity index (χ2n) is 6.22. The number of alkyl halides is 1. The molecule has 1 aliphatic rings. The average Bonchev–Trinajstić information content (AvgIpc) is 2.36. The van der Waals surface area contributed by atoms with Crippen molar-refractivity contribution in [3.8, 4) is 0 Å². The molecule has 1 aromatic rings. The zero-order valence-corrected chi connectivity index (χ0v) is 15.3. The van der Waals surface area contributed by atoms with Gasteiger partial charge in [0.15, 0.2) is 0 Å². The Labute approximate surface area is 135 Å². The SMILES string of the molecule is Cc1ccc(S(=O)(=O)N2CC(CBr)OC(C)(C)C2)c(C)c1. The molecule has 118 valence electrons. The fourth-order valence-electron chi connectivity index (χ4n) is 2.73. The summed E-state index contributed by atoms with van der Waals surface area (Å²) in [5, 5.41) is 0.620. The number of aryl methyl sites for hydroxylation is 2. The number of halogens is 1. The zero-order chi connectivity index (χ0) is 15.8. The topological polar surface area (TPSA) is 46.6 Å². The number of ether oxygens (including phenoxy) is 1. The van der Waals surface area contributed by atoms with Crippen LogP contribution < -0.4 is 0 Å². The van der Waals surface area contributed by atoms with Gasteiger partial charge in [-0.1, -0.05) is 33.6 Å². The molecule has 21 heavy (non-hydrogen) atoms. The minimum absolute atomic E-state index is 0.130. The van der Waals surface area contributed by atoms with Crippen LogP contribution in [-0.2, 0) is 14.8 Å². The molecule has 4 nitrogen and oxygen atoms in total. The van der Waals surface area contributed by atoms with Gasteiger partial charge < -0.3 is 4.74 Å². The van der Waals surface area contributed by atoms with E-state index in [2.05, 4.69) is 15.9 Å². The highest BCUT2D eigenvalue weighted by atomic mass is 79.9. The largest absolute Gasteiger partial charge is 0.369 e. The zero-order valence-electron chi connectivity index (χ0n) is 12.9. The van der Waals surface area contributed by atoms with Crippen molar-refractivity contribution in [1.82, 2.24) is 4.31 Å². The number of benzene rings is 1. The summed E-state index contributed by atoms with van der Waals surface area (Å²) in [4.78, 5) is 0.388. The fraction of sp³-hybridized carbons (Fsp3) is 0.600. The van der Waals surface area contributed by atoms with Crippen LogP contribution in [-0.4, -0.2) is 42.8 Å². The van der Waals surface area contributed by atoms with Gasteiger partial charge in [0.05, 0.1) is 16.6 Å². The van der Waals surface area contributed by atoms with Crippen LogP contribution in [0.3, 0.4) is 0 Å². The first-order chi connectivity index (χ1) is 9.65. The van der Waals surface area contributed by atoms with E-state index in [0.717, 1.165) is 11.1 Å². The van der Waals surface area contributed by atoms with E-state index in [0.29, 0.717) is 23.3 Å². The molecule has 0 spiro atoms. The Hall–Kier alpha value is -0.430. The second kappa shape index (κ2) is 5.99.